The molecule has 0 N–H and O–H groups in total. The molecule has 92 valence electrons. The van der Waals surface area contributed by atoms with E-state index in [0.29, 0.717) is 11.6 Å². The van der Waals surface area contributed by atoms with Gasteiger partial charge in [-0.05, 0) is 32.9 Å². The van der Waals surface area contributed by atoms with Crippen LogP contribution >= 0.6 is 30.1 Å². The van der Waals surface area contributed by atoms with E-state index in [1.807, 2.05) is 25.8 Å². The number of imidazole rings is 1. The van der Waals surface area contributed by atoms with Crippen molar-refractivity contribution in [1.29, 1.82) is 0 Å². The van der Waals surface area contributed by atoms with Gasteiger partial charge in [-0.1, -0.05) is 0 Å². The molecule has 0 unspecified atom stereocenters. The average molecular weight is 376 g/mol. The molecule has 1 heterocycles. The summed E-state index contributed by atoms with van der Waals surface area (Å²) in [6.07, 6.45) is 3.67. The fourth-order valence-electron chi connectivity index (χ4n) is 1.93. The summed E-state index contributed by atoms with van der Waals surface area (Å²) in [5, 5.41) is 2.59. The van der Waals surface area contributed by atoms with Crippen LogP contribution in [0.4, 0.5) is 8.78 Å². The van der Waals surface area contributed by atoms with Crippen LogP contribution in [0.25, 0.3) is 11.0 Å². The molecular weight excluding hydrogens is 369 g/mol. The van der Waals surface area contributed by atoms with E-state index in [9.17, 15) is 8.78 Å². The number of hydrogen-bond acceptors (Lipinski definition) is 2. The Balaban J connectivity index is 2.23. The van der Waals surface area contributed by atoms with Gasteiger partial charge in [-0.3, -0.25) is 0 Å². The summed E-state index contributed by atoms with van der Waals surface area (Å²) < 4.78 is 29.8. The van der Waals surface area contributed by atoms with E-state index in [1.54, 1.807) is 6.33 Å². The molecule has 1 aromatic carbocycles. The Labute approximate surface area is 119 Å². The molecule has 0 atom stereocenters. The summed E-state index contributed by atoms with van der Waals surface area (Å²) in [6, 6.07) is 1.67. The summed E-state index contributed by atoms with van der Waals surface area (Å²) in [7, 11) is 1.19. The minimum absolute atomic E-state index is 0.200. The third-order valence-corrected chi connectivity index (χ3v) is 3.76. The zero-order valence-corrected chi connectivity index (χ0v) is 12.1. The maximum absolute atomic E-state index is 14.1. The Morgan fingerprint density at radius 2 is 2.22 bits per heavy atom. The first-order valence-corrected chi connectivity index (χ1v) is 8.71. The van der Waals surface area contributed by atoms with Crippen LogP contribution < -0.4 is 0 Å². The van der Waals surface area contributed by atoms with Gasteiger partial charge in [-0.2, -0.15) is 0 Å². The van der Waals surface area contributed by atoms with Crippen molar-refractivity contribution in [1.82, 2.24) is 9.55 Å². The molecule has 2 nitrogen and oxygen atoms in total. The zero-order chi connectivity index (χ0) is 12.7. The van der Waals surface area contributed by atoms with Crippen LogP contribution in [-0.4, -0.2) is 9.55 Å². The monoisotopic (exact) mass is 376 g/mol. The van der Waals surface area contributed by atoms with Crippen molar-refractivity contribution in [2.45, 2.75) is 18.9 Å². The predicted molar refractivity (Wildman–Crippen MR) is 76.4 cm³/mol. The Morgan fingerprint density at radius 3 is 2.89 bits per heavy atom. The molecule has 0 amide bonds. The van der Waals surface area contributed by atoms with Crippen LogP contribution in [0.2, 0.25) is 0 Å². The Morgan fingerprint density at radius 1 is 1.44 bits per heavy atom. The number of hydrogen-bond donors (Lipinski definition) is 0. The Bertz CT molecular complexity index is 683. The fraction of sp³-hybridized carbons (Fsp3) is 0.250. The van der Waals surface area contributed by atoms with Crippen molar-refractivity contribution in [2.24, 2.45) is 0 Å². The fourth-order valence-corrected chi connectivity index (χ4v) is 2.40. The standard InChI is InChI=1S/C12H7F2IN2S/c13-9-5-10-12(11(14)8(9)3-4-18-15)16-6-17(10)7-1-2-7/h5-7H,1-2H2. The molecule has 1 fully saturated rings. The van der Waals surface area contributed by atoms with Crippen molar-refractivity contribution in [3.05, 3.63) is 29.6 Å². The van der Waals surface area contributed by atoms with Gasteiger partial charge in [-0.25, -0.2) is 13.8 Å². The molecule has 3 rings (SSSR count). The SMILES string of the molecule is Fc1cc2c(ncn2C2CC2)c(F)c1C#CSI. The van der Waals surface area contributed by atoms with Crippen LogP contribution in [0.15, 0.2) is 12.4 Å². The van der Waals surface area contributed by atoms with Gasteiger partial charge in [0.05, 0.1) is 17.4 Å². The molecule has 2 aromatic rings. The van der Waals surface area contributed by atoms with Gasteiger partial charge in [0.1, 0.15) is 11.3 Å². The third kappa shape index (κ3) is 1.99. The number of rotatable bonds is 1. The Hall–Kier alpha value is -0.810. The molecule has 0 aliphatic heterocycles. The first-order chi connectivity index (χ1) is 8.72. The van der Waals surface area contributed by atoms with Gasteiger partial charge in [0, 0.05) is 33.3 Å². The third-order valence-electron chi connectivity index (χ3n) is 2.92. The van der Waals surface area contributed by atoms with Gasteiger partial charge in [-0.15, -0.1) is 0 Å². The minimum Gasteiger partial charge on any atom is -0.327 e. The second-order valence-corrected chi connectivity index (χ2v) is 5.78. The highest BCUT2D eigenvalue weighted by atomic mass is 127. The normalized spacial score (nSPS) is 14.6. The molecule has 1 aromatic heterocycles. The molecule has 0 spiro atoms. The molecular formula is C12H7F2IN2S. The number of nitrogens with zero attached hydrogens (tertiary/aromatic N) is 2. The van der Waals surface area contributed by atoms with Gasteiger partial charge in [0.25, 0.3) is 0 Å². The smallest absolute Gasteiger partial charge is 0.169 e. The number of fused-ring (bicyclic) bond motifs is 1. The van der Waals surface area contributed by atoms with Crippen molar-refractivity contribution in [3.63, 3.8) is 0 Å². The number of benzene rings is 1. The van der Waals surface area contributed by atoms with E-state index in [-0.39, 0.29) is 11.1 Å². The summed E-state index contributed by atoms with van der Waals surface area (Å²) in [4.78, 5) is 4.03. The number of aromatic nitrogens is 2. The predicted octanol–water partition coefficient (Wildman–Crippen LogP) is 4.04. The van der Waals surface area contributed by atoms with Crippen molar-refractivity contribution < 1.29 is 8.78 Å². The molecule has 0 radical (unpaired) electrons. The van der Waals surface area contributed by atoms with E-state index >= 15 is 0 Å². The van der Waals surface area contributed by atoms with Gasteiger partial charge in [0.2, 0.25) is 0 Å². The highest BCUT2D eigenvalue weighted by Gasteiger charge is 2.26. The highest BCUT2D eigenvalue weighted by molar-refractivity contribution is 14.2. The molecule has 18 heavy (non-hydrogen) atoms. The molecule has 1 aliphatic rings. The highest BCUT2D eigenvalue weighted by Crippen LogP contribution is 2.38. The van der Waals surface area contributed by atoms with Crippen LogP contribution in [0, 0.1) is 22.8 Å². The lowest BCUT2D eigenvalue weighted by Gasteiger charge is -2.03. The minimum atomic E-state index is -0.664. The molecule has 0 bridgehead atoms. The number of halogens is 3. The summed E-state index contributed by atoms with van der Waals surface area (Å²) in [6.45, 7) is 0. The summed E-state index contributed by atoms with van der Waals surface area (Å²) in [5.74, 6) is 1.19. The lowest BCUT2D eigenvalue weighted by Crippen LogP contribution is -1.95. The van der Waals surface area contributed by atoms with Crippen molar-refractivity contribution >= 4 is 41.2 Å². The van der Waals surface area contributed by atoms with E-state index < -0.39 is 11.6 Å². The van der Waals surface area contributed by atoms with Gasteiger partial charge in [0.15, 0.2) is 5.82 Å². The molecule has 1 aliphatic carbocycles. The molecule has 6 heteroatoms. The van der Waals surface area contributed by atoms with E-state index in [2.05, 4.69) is 16.2 Å². The Kier molecular flexibility index (Phi) is 3.20. The van der Waals surface area contributed by atoms with Crippen LogP contribution in [0.1, 0.15) is 24.4 Å². The lowest BCUT2D eigenvalue weighted by molar-refractivity contribution is 0.584. The largest absolute Gasteiger partial charge is 0.327 e. The van der Waals surface area contributed by atoms with E-state index in [1.165, 1.54) is 15.0 Å². The quantitative estimate of drug-likeness (QED) is 0.552. The topological polar surface area (TPSA) is 17.8 Å². The first-order valence-electron chi connectivity index (χ1n) is 5.35. The lowest BCUT2D eigenvalue weighted by atomic mass is 10.1. The second kappa shape index (κ2) is 4.70. The second-order valence-electron chi connectivity index (χ2n) is 4.10. The van der Waals surface area contributed by atoms with Crippen LogP contribution in [-0.2, 0) is 0 Å². The molecule has 0 saturated heterocycles. The maximum atomic E-state index is 14.1. The van der Waals surface area contributed by atoms with Crippen LogP contribution in [0.3, 0.4) is 0 Å². The van der Waals surface area contributed by atoms with Crippen LogP contribution in [0.5, 0.6) is 0 Å². The average Bonchev–Trinajstić information content (AvgIpc) is 3.10. The maximum Gasteiger partial charge on any atom is 0.169 e. The van der Waals surface area contributed by atoms with Crippen molar-refractivity contribution in [2.75, 3.05) is 0 Å². The molecule has 1 saturated carbocycles. The van der Waals surface area contributed by atoms with E-state index in [0.717, 1.165) is 12.8 Å². The van der Waals surface area contributed by atoms with Crippen molar-refractivity contribution in [3.8, 4) is 11.2 Å². The van der Waals surface area contributed by atoms with Gasteiger partial charge < -0.3 is 4.57 Å². The first kappa shape index (κ1) is 12.2. The zero-order valence-electron chi connectivity index (χ0n) is 9.08. The summed E-state index contributed by atoms with van der Waals surface area (Å²) in [5.41, 5.74) is 0.513. The van der Waals surface area contributed by atoms with E-state index in [4.69, 9.17) is 0 Å². The van der Waals surface area contributed by atoms with Gasteiger partial charge >= 0.3 is 0 Å². The summed E-state index contributed by atoms with van der Waals surface area (Å²) >= 11 is 1.96.